The fraction of sp³-hybridized carbons (Fsp3) is 0.500. The average Bonchev–Trinajstić information content (AvgIpc) is 2.38. The quantitative estimate of drug-likeness (QED) is 0.822. The topological polar surface area (TPSA) is 44.5 Å². The van der Waals surface area contributed by atoms with Crippen LogP contribution in [0.2, 0.25) is 5.02 Å². The molecule has 1 heterocycles. The Kier molecular flexibility index (Phi) is 3.00. The number of fused-ring (bicyclic) bond motifs is 1. The number of hydrogen-bond donors (Lipinski definition) is 1. The van der Waals surface area contributed by atoms with E-state index in [9.17, 15) is 0 Å². The van der Waals surface area contributed by atoms with Gasteiger partial charge < -0.3 is 15.2 Å². The van der Waals surface area contributed by atoms with E-state index in [1.165, 1.54) is 0 Å². The number of hydrogen-bond acceptors (Lipinski definition) is 3. The molecule has 1 aliphatic heterocycles. The zero-order valence-electron chi connectivity index (χ0n) is 9.55. The Bertz CT molecular complexity index is 404. The van der Waals surface area contributed by atoms with E-state index < -0.39 is 0 Å². The van der Waals surface area contributed by atoms with Crippen LogP contribution in [0.1, 0.15) is 19.4 Å². The van der Waals surface area contributed by atoms with E-state index in [1.54, 1.807) is 6.07 Å². The Morgan fingerprint density at radius 2 is 1.81 bits per heavy atom. The molecule has 0 radical (unpaired) electrons. The summed E-state index contributed by atoms with van der Waals surface area (Å²) in [5.74, 6) is 1.43. The van der Waals surface area contributed by atoms with Crippen LogP contribution >= 0.6 is 11.6 Å². The summed E-state index contributed by atoms with van der Waals surface area (Å²) in [6, 6.07) is 3.64. The van der Waals surface area contributed by atoms with Crippen LogP contribution in [0, 0.1) is 5.41 Å². The summed E-state index contributed by atoms with van der Waals surface area (Å²) in [5.41, 5.74) is 6.48. The van der Waals surface area contributed by atoms with E-state index in [0.29, 0.717) is 30.5 Å². The summed E-state index contributed by atoms with van der Waals surface area (Å²) in [5, 5.41) is 0.629. The number of rotatable bonds is 1. The molecule has 2 rings (SSSR count). The maximum Gasteiger partial charge on any atom is 0.162 e. The minimum Gasteiger partial charge on any atom is -0.489 e. The van der Waals surface area contributed by atoms with Crippen molar-refractivity contribution in [3.05, 3.63) is 22.7 Å². The SMILES string of the molecule is CC1(C)COc2cc(Cl)c(CN)cc2OC1. The molecule has 0 fully saturated rings. The van der Waals surface area contributed by atoms with Crippen molar-refractivity contribution in [2.45, 2.75) is 20.4 Å². The van der Waals surface area contributed by atoms with Gasteiger partial charge in [-0.15, -0.1) is 0 Å². The van der Waals surface area contributed by atoms with Gasteiger partial charge in [-0.05, 0) is 11.6 Å². The van der Waals surface area contributed by atoms with Crippen molar-refractivity contribution in [2.75, 3.05) is 13.2 Å². The molecule has 2 N–H and O–H groups in total. The molecular weight excluding hydrogens is 226 g/mol. The number of benzene rings is 1. The van der Waals surface area contributed by atoms with Gasteiger partial charge in [0, 0.05) is 23.0 Å². The van der Waals surface area contributed by atoms with Crippen molar-refractivity contribution in [2.24, 2.45) is 11.1 Å². The molecule has 1 aromatic rings. The summed E-state index contributed by atoms with van der Waals surface area (Å²) in [6.45, 7) is 5.86. The molecular formula is C12H16ClNO2. The van der Waals surface area contributed by atoms with Gasteiger partial charge in [0.15, 0.2) is 11.5 Å². The first-order valence-electron chi connectivity index (χ1n) is 5.30. The zero-order chi connectivity index (χ0) is 11.8. The summed E-state index contributed by atoms with van der Waals surface area (Å²) >= 11 is 6.07. The smallest absolute Gasteiger partial charge is 0.162 e. The second kappa shape index (κ2) is 4.15. The Hall–Kier alpha value is -0.930. The van der Waals surface area contributed by atoms with E-state index in [1.807, 2.05) is 6.07 Å². The van der Waals surface area contributed by atoms with Gasteiger partial charge in [-0.25, -0.2) is 0 Å². The van der Waals surface area contributed by atoms with Gasteiger partial charge in [0.05, 0.1) is 13.2 Å². The second-order valence-corrected chi connectivity index (χ2v) is 5.24. The summed E-state index contributed by atoms with van der Waals surface area (Å²) in [6.07, 6.45) is 0. The second-order valence-electron chi connectivity index (χ2n) is 4.84. The van der Waals surface area contributed by atoms with E-state index in [4.69, 9.17) is 26.8 Å². The van der Waals surface area contributed by atoms with Gasteiger partial charge in [0.25, 0.3) is 0 Å². The predicted octanol–water partition coefficient (Wildman–Crippen LogP) is 2.60. The lowest BCUT2D eigenvalue weighted by Crippen LogP contribution is -2.26. The Morgan fingerprint density at radius 3 is 2.38 bits per heavy atom. The highest BCUT2D eigenvalue weighted by Gasteiger charge is 2.25. The molecule has 0 amide bonds. The molecule has 1 aliphatic rings. The minimum absolute atomic E-state index is 0.00831. The van der Waals surface area contributed by atoms with Crippen LogP contribution in [0.25, 0.3) is 0 Å². The Labute approximate surface area is 100 Å². The van der Waals surface area contributed by atoms with Crippen molar-refractivity contribution in [1.29, 1.82) is 0 Å². The number of halogens is 1. The lowest BCUT2D eigenvalue weighted by atomic mass is 9.97. The first-order chi connectivity index (χ1) is 7.52. The fourth-order valence-corrected chi connectivity index (χ4v) is 1.78. The highest BCUT2D eigenvalue weighted by molar-refractivity contribution is 6.31. The molecule has 0 saturated carbocycles. The fourth-order valence-electron chi connectivity index (χ4n) is 1.55. The molecule has 4 heteroatoms. The molecule has 0 atom stereocenters. The van der Waals surface area contributed by atoms with Crippen molar-refractivity contribution in [3.8, 4) is 11.5 Å². The van der Waals surface area contributed by atoms with Crippen LogP contribution in [-0.2, 0) is 6.54 Å². The Morgan fingerprint density at radius 1 is 1.25 bits per heavy atom. The zero-order valence-corrected chi connectivity index (χ0v) is 10.3. The largest absolute Gasteiger partial charge is 0.489 e. The van der Waals surface area contributed by atoms with Crippen LogP contribution in [-0.4, -0.2) is 13.2 Å². The van der Waals surface area contributed by atoms with Crippen LogP contribution in [0.5, 0.6) is 11.5 Å². The maximum atomic E-state index is 6.07. The molecule has 3 nitrogen and oxygen atoms in total. The van der Waals surface area contributed by atoms with Crippen molar-refractivity contribution >= 4 is 11.6 Å². The molecule has 16 heavy (non-hydrogen) atoms. The van der Waals surface area contributed by atoms with Crippen molar-refractivity contribution in [3.63, 3.8) is 0 Å². The standard InChI is InChI=1S/C12H16ClNO2/c1-12(2)6-15-10-3-8(5-14)9(13)4-11(10)16-7-12/h3-4H,5-7,14H2,1-2H3. The van der Waals surface area contributed by atoms with E-state index in [0.717, 1.165) is 11.3 Å². The lowest BCUT2D eigenvalue weighted by molar-refractivity contribution is 0.140. The van der Waals surface area contributed by atoms with E-state index >= 15 is 0 Å². The highest BCUT2D eigenvalue weighted by atomic mass is 35.5. The average molecular weight is 242 g/mol. The molecule has 88 valence electrons. The highest BCUT2D eigenvalue weighted by Crippen LogP contribution is 2.37. The van der Waals surface area contributed by atoms with Gasteiger partial charge >= 0.3 is 0 Å². The van der Waals surface area contributed by atoms with Gasteiger partial charge in [-0.3, -0.25) is 0 Å². The summed E-state index contributed by atoms with van der Waals surface area (Å²) < 4.78 is 11.4. The van der Waals surface area contributed by atoms with E-state index in [2.05, 4.69) is 13.8 Å². The number of ether oxygens (including phenoxy) is 2. The molecule has 0 saturated heterocycles. The third-order valence-corrected chi connectivity index (χ3v) is 2.92. The van der Waals surface area contributed by atoms with Crippen molar-refractivity contribution in [1.82, 2.24) is 0 Å². The van der Waals surface area contributed by atoms with Crippen LogP contribution in [0.3, 0.4) is 0 Å². The third kappa shape index (κ3) is 2.25. The molecule has 0 aromatic heterocycles. The third-order valence-electron chi connectivity index (χ3n) is 2.57. The normalized spacial score (nSPS) is 18.0. The number of nitrogens with two attached hydrogens (primary N) is 1. The van der Waals surface area contributed by atoms with Gasteiger partial charge in [-0.2, -0.15) is 0 Å². The molecule has 0 aliphatic carbocycles. The lowest BCUT2D eigenvalue weighted by Gasteiger charge is -2.19. The molecule has 0 unspecified atom stereocenters. The summed E-state index contributed by atoms with van der Waals surface area (Å²) in [4.78, 5) is 0. The van der Waals surface area contributed by atoms with E-state index in [-0.39, 0.29) is 5.41 Å². The molecule has 0 spiro atoms. The maximum absolute atomic E-state index is 6.07. The van der Waals surface area contributed by atoms with Crippen molar-refractivity contribution < 1.29 is 9.47 Å². The van der Waals surface area contributed by atoms with Crippen LogP contribution < -0.4 is 15.2 Å². The molecule has 1 aromatic carbocycles. The van der Waals surface area contributed by atoms with Gasteiger partial charge in [0.1, 0.15) is 0 Å². The van der Waals surface area contributed by atoms with Crippen LogP contribution in [0.4, 0.5) is 0 Å². The van der Waals surface area contributed by atoms with Gasteiger partial charge in [0.2, 0.25) is 0 Å². The monoisotopic (exact) mass is 241 g/mol. The minimum atomic E-state index is 0.00831. The molecule has 0 bridgehead atoms. The predicted molar refractivity (Wildman–Crippen MR) is 64.1 cm³/mol. The van der Waals surface area contributed by atoms with Crippen LogP contribution in [0.15, 0.2) is 12.1 Å². The van der Waals surface area contributed by atoms with Gasteiger partial charge in [-0.1, -0.05) is 25.4 Å². The summed E-state index contributed by atoms with van der Waals surface area (Å²) in [7, 11) is 0. The first kappa shape index (κ1) is 11.6. The first-order valence-corrected chi connectivity index (χ1v) is 5.68. The Balaban J connectivity index is 2.35.